The Balaban J connectivity index is 0.000000967. The molecular formula is C26H36FN7O2. The molecule has 194 valence electrons. The molecule has 1 spiro atoms. The number of pyridine rings is 2. The summed E-state index contributed by atoms with van der Waals surface area (Å²) >= 11 is 0. The lowest BCUT2D eigenvalue weighted by atomic mass is 9.78. The Morgan fingerprint density at radius 1 is 1.22 bits per heavy atom. The third-order valence-electron chi connectivity index (χ3n) is 7.83. The SMILES string of the molecule is CCN1CC2(CCC(N3CCN(c4ncc(F)cc4-c4cnc(NC)c(C=N)c4)CC3)C2)C1.O=CO. The van der Waals surface area contributed by atoms with Crippen molar-refractivity contribution in [2.24, 2.45) is 5.41 Å². The Morgan fingerprint density at radius 3 is 2.58 bits per heavy atom. The van der Waals surface area contributed by atoms with Gasteiger partial charge < -0.3 is 25.6 Å². The zero-order chi connectivity index (χ0) is 25.7. The molecule has 4 heterocycles. The Hall–Kier alpha value is -3.11. The molecule has 0 amide bonds. The van der Waals surface area contributed by atoms with Crippen LogP contribution < -0.4 is 10.2 Å². The molecule has 2 aliphatic heterocycles. The van der Waals surface area contributed by atoms with Crippen molar-refractivity contribution in [2.45, 2.75) is 32.2 Å². The summed E-state index contributed by atoms with van der Waals surface area (Å²) in [5, 5.41) is 17.6. The van der Waals surface area contributed by atoms with Crippen LogP contribution >= 0.6 is 0 Å². The number of anilines is 2. The number of nitrogens with zero attached hydrogens (tertiary/aromatic N) is 5. The highest BCUT2D eigenvalue weighted by atomic mass is 19.1. The van der Waals surface area contributed by atoms with Gasteiger partial charge in [0.25, 0.3) is 6.47 Å². The van der Waals surface area contributed by atoms with E-state index >= 15 is 0 Å². The van der Waals surface area contributed by atoms with Gasteiger partial charge in [0.1, 0.15) is 17.5 Å². The van der Waals surface area contributed by atoms with E-state index < -0.39 is 0 Å². The van der Waals surface area contributed by atoms with Crippen LogP contribution in [0.1, 0.15) is 31.7 Å². The molecule has 1 atom stereocenters. The normalized spacial score (nSPS) is 21.4. The lowest BCUT2D eigenvalue weighted by Gasteiger charge is -2.49. The Bertz CT molecular complexity index is 1070. The van der Waals surface area contributed by atoms with Crippen molar-refractivity contribution >= 4 is 24.3 Å². The number of likely N-dealkylation sites (tertiary alicyclic amines) is 1. The molecule has 0 aromatic carbocycles. The topological polar surface area (TPSA) is 109 Å². The largest absolute Gasteiger partial charge is 0.483 e. The maximum absolute atomic E-state index is 14.2. The summed E-state index contributed by atoms with van der Waals surface area (Å²) in [7, 11) is 1.78. The van der Waals surface area contributed by atoms with Crippen LogP contribution in [0.25, 0.3) is 11.1 Å². The molecule has 2 saturated heterocycles. The van der Waals surface area contributed by atoms with Crippen LogP contribution in [-0.2, 0) is 4.79 Å². The Kier molecular flexibility index (Phi) is 8.15. The highest BCUT2D eigenvalue weighted by molar-refractivity contribution is 5.88. The van der Waals surface area contributed by atoms with Gasteiger partial charge in [-0.25, -0.2) is 14.4 Å². The zero-order valence-electron chi connectivity index (χ0n) is 21.1. The molecule has 10 heteroatoms. The van der Waals surface area contributed by atoms with Crippen LogP contribution in [0.4, 0.5) is 16.0 Å². The van der Waals surface area contributed by atoms with Crippen LogP contribution in [0.5, 0.6) is 0 Å². The van der Waals surface area contributed by atoms with Gasteiger partial charge in [-0.15, -0.1) is 0 Å². The molecule has 5 rings (SSSR count). The van der Waals surface area contributed by atoms with Crippen molar-refractivity contribution in [3.05, 3.63) is 35.9 Å². The Labute approximate surface area is 211 Å². The van der Waals surface area contributed by atoms with E-state index in [-0.39, 0.29) is 12.3 Å². The van der Waals surface area contributed by atoms with Gasteiger partial charge in [-0.2, -0.15) is 0 Å². The second-order valence-electron chi connectivity index (χ2n) is 9.91. The first kappa shape index (κ1) is 26.0. The van der Waals surface area contributed by atoms with Gasteiger partial charge in [0.2, 0.25) is 0 Å². The van der Waals surface area contributed by atoms with Crippen LogP contribution in [0.2, 0.25) is 0 Å². The fourth-order valence-corrected chi connectivity index (χ4v) is 6.04. The summed E-state index contributed by atoms with van der Waals surface area (Å²) < 4.78 is 14.2. The number of carbonyl (C=O) groups is 1. The van der Waals surface area contributed by atoms with E-state index in [0.717, 1.165) is 43.1 Å². The second kappa shape index (κ2) is 11.3. The molecule has 36 heavy (non-hydrogen) atoms. The van der Waals surface area contributed by atoms with Crippen LogP contribution in [0.15, 0.2) is 24.5 Å². The smallest absolute Gasteiger partial charge is 0.290 e. The van der Waals surface area contributed by atoms with E-state index in [9.17, 15) is 4.39 Å². The van der Waals surface area contributed by atoms with Gasteiger partial charge in [-0.1, -0.05) is 6.92 Å². The monoisotopic (exact) mass is 497 g/mol. The van der Waals surface area contributed by atoms with E-state index in [1.165, 1.54) is 57.4 Å². The number of piperazine rings is 1. The number of nitrogens with one attached hydrogen (secondary N) is 2. The number of hydrogen-bond acceptors (Lipinski definition) is 8. The first-order valence-corrected chi connectivity index (χ1v) is 12.6. The highest BCUT2D eigenvalue weighted by Gasteiger charge is 2.48. The first-order chi connectivity index (χ1) is 17.5. The highest BCUT2D eigenvalue weighted by Crippen LogP contribution is 2.47. The van der Waals surface area contributed by atoms with E-state index in [4.69, 9.17) is 15.3 Å². The molecule has 9 nitrogen and oxygen atoms in total. The van der Waals surface area contributed by atoms with Crippen molar-refractivity contribution in [2.75, 3.05) is 63.1 Å². The van der Waals surface area contributed by atoms with E-state index in [0.29, 0.717) is 22.8 Å². The van der Waals surface area contributed by atoms with Gasteiger partial charge in [-0.3, -0.25) is 9.69 Å². The van der Waals surface area contributed by atoms with E-state index in [2.05, 4.69) is 36.9 Å². The molecule has 2 aromatic rings. The molecule has 0 bridgehead atoms. The molecule has 1 unspecified atom stereocenters. The minimum absolute atomic E-state index is 0.250. The summed E-state index contributed by atoms with van der Waals surface area (Å²) in [6.45, 7) is 9.53. The average Bonchev–Trinajstić information content (AvgIpc) is 3.34. The predicted octanol–water partition coefficient (Wildman–Crippen LogP) is 3.02. The fraction of sp³-hybridized carbons (Fsp3) is 0.538. The quantitative estimate of drug-likeness (QED) is 0.413. The molecule has 1 saturated carbocycles. The minimum atomic E-state index is -0.362. The molecule has 3 aliphatic rings. The maximum Gasteiger partial charge on any atom is 0.290 e. The summed E-state index contributed by atoms with van der Waals surface area (Å²) in [6, 6.07) is 4.10. The van der Waals surface area contributed by atoms with Crippen LogP contribution in [-0.4, -0.2) is 96.5 Å². The van der Waals surface area contributed by atoms with Crippen LogP contribution in [0.3, 0.4) is 0 Å². The molecular weight excluding hydrogens is 461 g/mol. The standard InChI is InChI=1S/C25H34FN7.CH2O2/c1-3-31-16-25(17-31)5-4-21(12-25)32-6-8-33(9-7-32)24-22(11-20(26)15-30-24)19-10-18(13-27)23(28-2)29-14-19;2-1-3/h10-11,13-15,21,27H,3-9,12,16-17H2,1-2H3,(H,28,29);1H,(H,2,3). The summed E-state index contributed by atoms with van der Waals surface area (Å²) in [6.07, 6.45) is 8.31. The molecule has 1 aliphatic carbocycles. The summed E-state index contributed by atoms with van der Waals surface area (Å²) in [4.78, 5) is 24.8. The number of rotatable bonds is 6. The first-order valence-electron chi connectivity index (χ1n) is 12.6. The summed E-state index contributed by atoms with van der Waals surface area (Å²) in [5.74, 6) is 1.07. The van der Waals surface area contributed by atoms with Crippen molar-refractivity contribution in [3.8, 4) is 11.1 Å². The molecule has 3 N–H and O–H groups in total. The van der Waals surface area contributed by atoms with Crippen LogP contribution in [0, 0.1) is 16.6 Å². The third kappa shape index (κ3) is 5.34. The zero-order valence-corrected chi connectivity index (χ0v) is 21.1. The minimum Gasteiger partial charge on any atom is -0.483 e. The van der Waals surface area contributed by atoms with Gasteiger partial charge in [0.05, 0.1) is 6.20 Å². The Morgan fingerprint density at radius 2 is 1.94 bits per heavy atom. The van der Waals surface area contributed by atoms with Crippen molar-refractivity contribution in [3.63, 3.8) is 0 Å². The van der Waals surface area contributed by atoms with Crippen molar-refractivity contribution in [1.82, 2.24) is 19.8 Å². The number of carboxylic acid groups (broad SMARTS) is 1. The fourth-order valence-electron chi connectivity index (χ4n) is 6.04. The number of aromatic nitrogens is 2. The summed E-state index contributed by atoms with van der Waals surface area (Å²) in [5.41, 5.74) is 2.75. The maximum atomic E-state index is 14.2. The van der Waals surface area contributed by atoms with Gasteiger partial charge in [-0.05, 0) is 43.4 Å². The number of halogens is 1. The van der Waals surface area contributed by atoms with Crippen molar-refractivity contribution in [1.29, 1.82) is 5.41 Å². The second-order valence-corrected chi connectivity index (χ2v) is 9.91. The average molecular weight is 498 g/mol. The number of hydrogen-bond donors (Lipinski definition) is 3. The van der Waals surface area contributed by atoms with Gasteiger partial charge >= 0.3 is 0 Å². The van der Waals surface area contributed by atoms with E-state index in [1.807, 2.05) is 6.07 Å². The molecule has 3 fully saturated rings. The lowest BCUT2D eigenvalue weighted by Crippen LogP contribution is -2.56. The van der Waals surface area contributed by atoms with Crippen molar-refractivity contribution < 1.29 is 14.3 Å². The molecule has 0 radical (unpaired) electrons. The van der Waals surface area contributed by atoms with Gasteiger partial charge in [0.15, 0.2) is 0 Å². The van der Waals surface area contributed by atoms with E-state index in [1.54, 1.807) is 13.2 Å². The molecule has 2 aromatic heterocycles. The van der Waals surface area contributed by atoms with Gasteiger partial charge in [0, 0.05) is 81.5 Å². The lowest BCUT2D eigenvalue weighted by molar-refractivity contribution is -0.122. The predicted molar refractivity (Wildman–Crippen MR) is 140 cm³/mol. The third-order valence-corrected chi connectivity index (χ3v) is 7.83.